The first kappa shape index (κ1) is 14.0. The van der Waals surface area contributed by atoms with Gasteiger partial charge < -0.3 is 0 Å². The van der Waals surface area contributed by atoms with Crippen molar-refractivity contribution in [3.8, 4) is 0 Å². The second-order valence-corrected chi connectivity index (χ2v) is 5.98. The quantitative estimate of drug-likeness (QED) is 0.709. The molecule has 0 fully saturated rings. The topological polar surface area (TPSA) is 0 Å². The van der Waals surface area contributed by atoms with Crippen LogP contribution in [0.3, 0.4) is 0 Å². The van der Waals surface area contributed by atoms with Gasteiger partial charge >= 0.3 is 0 Å². The summed E-state index contributed by atoms with van der Waals surface area (Å²) in [6.45, 7) is 6.26. The van der Waals surface area contributed by atoms with Crippen LogP contribution in [0.25, 0.3) is 0 Å². The van der Waals surface area contributed by atoms with Crippen molar-refractivity contribution in [3.05, 3.63) is 29.8 Å². The van der Waals surface area contributed by atoms with Gasteiger partial charge in [0.2, 0.25) is 0 Å². The molecule has 0 aliphatic carbocycles. The van der Waals surface area contributed by atoms with Crippen molar-refractivity contribution >= 4 is 23.5 Å². The first-order chi connectivity index (χ1) is 7.92. The zero-order valence-electron chi connectivity index (χ0n) is 10.5. The average Bonchev–Trinajstić information content (AvgIpc) is 2.38. The average molecular weight is 254 g/mol. The molecule has 0 amide bonds. The maximum Gasteiger partial charge on any atom is 0.0316 e. The fraction of sp³-hybridized carbons (Fsp3) is 0.571. The molecule has 90 valence electrons. The third-order valence-electron chi connectivity index (χ3n) is 2.43. The molecule has 1 atom stereocenters. The molecular weight excluding hydrogens is 232 g/mol. The molecule has 1 unspecified atom stereocenters. The normalized spacial score (nSPS) is 18.3. The Kier molecular flexibility index (Phi) is 7.06. The number of rotatable bonds is 3. The van der Waals surface area contributed by atoms with E-state index in [1.807, 2.05) is 25.6 Å². The molecular formula is C14H22S2. The van der Waals surface area contributed by atoms with Gasteiger partial charge in [-0.15, -0.1) is 11.8 Å². The van der Waals surface area contributed by atoms with E-state index in [9.17, 15) is 0 Å². The summed E-state index contributed by atoms with van der Waals surface area (Å²) in [6, 6.07) is 8.89. The monoisotopic (exact) mass is 254 g/mol. The lowest BCUT2D eigenvalue weighted by Crippen LogP contribution is -2.04. The van der Waals surface area contributed by atoms with E-state index in [1.165, 1.54) is 29.2 Å². The number of thioether (sulfide) groups is 2. The lowest BCUT2D eigenvalue weighted by molar-refractivity contribution is 0.862. The van der Waals surface area contributed by atoms with Gasteiger partial charge in [-0.2, -0.15) is 11.8 Å². The summed E-state index contributed by atoms with van der Waals surface area (Å²) >= 11 is 4.14. The lowest BCUT2D eigenvalue weighted by atomic mass is 10.1. The standard InChI is InChI=1S/C12H16S2.C2H6/c1-2-8-13-12-7-9-14-11-6-4-3-5-10(11)12;1-2/h3-6,12H,2,7-9H2,1H3;1-2H3. The molecule has 0 bridgehead atoms. The minimum atomic E-state index is 0.757. The van der Waals surface area contributed by atoms with Crippen LogP contribution in [0.2, 0.25) is 0 Å². The number of benzene rings is 1. The second-order valence-electron chi connectivity index (χ2n) is 3.53. The van der Waals surface area contributed by atoms with Crippen molar-refractivity contribution in [2.45, 2.75) is 43.8 Å². The minimum Gasteiger partial charge on any atom is -0.154 e. The van der Waals surface area contributed by atoms with Crippen LogP contribution < -0.4 is 0 Å². The number of hydrogen-bond acceptors (Lipinski definition) is 2. The smallest absolute Gasteiger partial charge is 0.0316 e. The summed E-state index contributed by atoms with van der Waals surface area (Å²) in [5, 5.41) is 0.757. The Hall–Kier alpha value is -0.0800. The zero-order valence-corrected chi connectivity index (χ0v) is 12.2. The van der Waals surface area contributed by atoms with Gasteiger partial charge in [0, 0.05) is 10.1 Å². The van der Waals surface area contributed by atoms with E-state index in [4.69, 9.17) is 0 Å². The molecule has 0 nitrogen and oxygen atoms in total. The van der Waals surface area contributed by atoms with Gasteiger partial charge in [-0.3, -0.25) is 0 Å². The number of fused-ring (bicyclic) bond motifs is 1. The van der Waals surface area contributed by atoms with Crippen LogP contribution in [0.5, 0.6) is 0 Å². The van der Waals surface area contributed by atoms with E-state index in [0.717, 1.165) is 5.25 Å². The van der Waals surface area contributed by atoms with Crippen LogP contribution >= 0.6 is 23.5 Å². The van der Waals surface area contributed by atoms with Gasteiger partial charge in [0.1, 0.15) is 0 Å². The van der Waals surface area contributed by atoms with Crippen LogP contribution in [-0.2, 0) is 0 Å². The van der Waals surface area contributed by atoms with Gasteiger partial charge in [0.05, 0.1) is 0 Å². The fourth-order valence-electron chi connectivity index (χ4n) is 1.74. The Morgan fingerprint density at radius 3 is 2.81 bits per heavy atom. The maximum atomic E-state index is 2.30. The first-order valence-electron chi connectivity index (χ1n) is 6.25. The van der Waals surface area contributed by atoms with Gasteiger partial charge in [-0.05, 0) is 36.0 Å². The van der Waals surface area contributed by atoms with Crippen LogP contribution in [0.15, 0.2) is 29.2 Å². The van der Waals surface area contributed by atoms with Gasteiger partial charge in [0.15, 0.2) is 0 Å². The summed E-state index contributed by atoms with van der Waals surface area (Å²) in [4.78, 5) is 1.51. The molecule has 16 heavy (non-hydrogen) atoms. The Bertz CT molecular complexity index is 297. The van der Waals surface area contributed by atoms with Gasteiger partial charge in [-0.1, -0.05) is 39.0 Å². The highest BCUT2D eigenvalue weighted by atomic mass is 32.2. The van der Waals surface area contributed by atoms with E-state index in [0.29, 0.717) is 0 Å². The first-order valence-corrected chi connectivity index (χ1v) is 8.28. The summed E-state index contributed by atoms with van der Waals surface area (Å²) in [5.74, 6) is 2.59. The van der Waals surface area contributed by atoms with Crippen molar-refractivity contribution < 1.29 is 0 Å². The predicted molar refractivity (Wildman–Crippen MR) is 78.6 cm³/mol. The van der Waals surface area contributed by atoms with E-state index in [-0.39, 0.29) is 0 Å². The highest BCUT2D eigenvalue weighted by molar-refractivity contribution is 8.01. The number of hydrogen-bond donors (Lipinski definition) is 0. The van der Waals surface area contributed by atoms with Gasteiger partial charge in [-0.25, -0.2) is 0 Å². The Morgan fingerprint density at radius 2 is 2.06 bits per heavy atom. The summed E-state index contributed by atoms with van der Waals surface area (Å²) in [6.07, 6.45) is 2.63. The summed E-state index contributed by atoms with van der Waals surface area (Å²) in [7, 11) is 0. The fourth-order valence-corrected chi connectivity index (χ4v) is 4.28. The molecule has 0 saturated carbocycles. The summed E-state index contributed by atoms with van der Waals surface area (Å²) < 4.78 is 0. The van der Waals surface area contributed by atoms with E-state index < -0.39 is 0 Å². The van der Waals surface area contributed by atoms with Crippen molar-refractivity contribution in [1.82, 2.24) is 0 Å². The van der Waals surface area contributed by atoms with E-state index in [2.05, 4.69) is 43.0 Å². The third kappa shape index (κ3) is 3.74. The van der Waals surface area contributed by atoms with Gasteiger partial charge in [0.25, 0.3) is 0 Å². The van der Waals surface area contributed by atoms with Crippen LogP contribution in [-0.4, -0.2) is 11.5 Å². The SMILES string of the molecule is CC.CCCSC1CCSc2ccccc21. The third-order valence-corrected chi connectivity index (χ3v) is 5.09. The molecule has 1 aromatic carbocycles. The molecule has 0 spiro atoms. The van der Waals surface area contributed by atoms with E-state index >= 15 is 0 Å². The zero-order chi connectivity index (χ0) is 11.8. The predicted octanol–water partition coefficient (Wildman–Crippen LogP) is 5.39. The van der Waals surface area contributed by atoms with Crippen molar-refractivity contribution in [2.24, 2.45) is 0 Å². The Labute approximate surface area is 109 Å². The summed E-state index contributed by atoms with van der Waals surface area (Å²) in [5.41, 5.74) is 1.57. The van der Waals surface area contributed by atoms with E-state index in [1.54, 1.807) is 5.56 Å². The van der Waals surface area contributed by atoms with Crippen LogP contribution in [0.1, 0.15) is 44.4 Å². The molecule has 0 aromatic heterocycles. The van der Waals surface area contributed by atoms with Crippen molar-refractivity contribution in [2.75, 3.05) is 11.5 Å². The molecule has 0 N–H and O–H groups in total. The molecule has 0 radical (unpaired) electrons. The largest absolute Gasteiger partial charge is 0.154 e. The Morgan fingerprint density at radius 1 is 1.31 bits per heavy atom. The van der Waals surface area contributed by atoms with Crippen molar-refractivity contribution in [1.29, 1.82) is 0 Å². The molecule has 1 aliphatic heterocycles. The maximum absolute atomic E-state index is 2.30. The molecule has 2 heteroatoms. The molecule has 1 aromatic rings. The van der Waals surface area contributed by atoms with Crippen LogP contribution in [0, 0.1) is 0 Å². The molecule has 1 heterocycles. The van der Waals surface area contributed by atoms with Crippen molar-refractivity contribution in [3.63, 3.8) is 0 Å². The molecule has 1 aliphatic rings. The molecule has 0 saturated heterocycles. The Balaban J connectivity index is 0.000000606. The lowest BCUT2D eigenvalue weighted by Gasteiger charge is -2.24. The highest BCUT2D eigenvalue weighted by Crippen LogP contribution is 2.43. The molecule has 2 rings (SSSR count). The second kappa shape index (κ2) is 8.08. The highest BCUT2D eigenvalue weighted by Gasteiger charge is 2.19. The minimum absolute atomic E-state index is 0.757. The van der Waals surface area contributed by atoms with Crippen LogP contribution in [0.4, 0.5) is 0 Å².